The Hall–Kier alpha value is -0.877. The summed E-state index contributed by atoms with van der Waals surface area (Å²) < 4.78 is 0. The second kappa shape index (κ2) is 12.1. The van der Waals surface area contributed by atoms with Crippen molar-refractivity contribution in [2.75, 3.05) is 0 Å². The van der Waals surface area contributed by atoms with Crippen LogP contribution in [0.4, 0.5) is 0 Å². The predicted molar refractivity (Wildman–Crippen MR) is 114 cm³/mol. The Morgan fingerprint density at radius 2 is 1.66 bits per heavy atom. The molecule has 0 bridgehead atoms. The molecule has 29 heavy (non-hydrogen) atoms. The molecule has 0 aliphatic heterocycles. The Morgan fingerprint density at radius 3 is 2.38 bits per heavy atom. The number of aryl methyl sites for hydroxylation is 2. The van der Waals surface area contributed by atoms with E-state index >= 15 is 0 Å². The van der Waals surface area contributed by atoms with E-state index in [-0.39, 0.29) is 51.0 Å². The van der Waals surface area contributed by atoms with E-state index in [2.05, 4.69) is 80.6 Å². The van der Waals surface area contributed by atoms with Gasteiger partial charge in [-0.2, -0.15) is 23.1 Å². The summed E-state index contributed by atoms with van der Waals surface area (Å²) in [6, 6.07) is 24.2. The average molecular weight is 503 g/mol. The first-order valence-corrected chi connectivity index (χ1v) is 10.1. The van der Waals surface area contributed by atoms with Crippen LogP contribution in [0.3, 0.4) is 0 Å². The van der Waals surface area contributed by atoms with Crippen LogP contribution in [0.15, 0.2) is 66.7 Å². The third-order valence-electron chi connectivity index (χ3n) is 5.82. The third-order valence-corrected chi connectivity index (χ3v) is 5.82. The average Bonchev–Trinajstić information content (AvgIpc) is 3.39. The smallest absolute Gasteiger partial charge is 1.00 e. The molecule has 0 spiro atoms. The van der Waals surface area contributed by atoms with Gasteiger partial charge in [0, 0.05) is 0 Å². The SMILES string of the molecule is CCCC(C)c1c[cH-]c2cc3c(cc12)CCC3.[Cl-].[Cl-].[Zr+4].c1ccc2[cH-]ccc2c1. The van der Waals surface area contributed by atoms with Gasteiger partial charge in [0.2, 0.25) is 0 Å². The van der Waals surface area contributed by atoms with Crippen molar-refractivity contribution in [1.82, 2.24) is 0 Å². The summed E-state index contributed by atoms with van der Waals surface area (Å²) in [5.74, 6) is 0.706. The van der Waals surface area contributed by atoms with Crippen molar-refractivity contribution in [3.63, 3.8) is 0 Å². The van der Waals surface area contributed by atoms with Gasteiger partial charge in [0.05, 0.1) is 0 Å². The molecule has 4 aromatic rings. The van der Waals surface area contributed by atoms with Gasteiger partial charge in [0.1, 0.15) is 0 Å². The molecule has 1 unspecified atom stereocenters. The van der Waals surface area contributed by atoms with Crippen molar-refractivity contribution in [3.8, 4) is 0 Å². The molecule has 1 aliphatic rings. The normalized spacial score (nSPS) is 12.8. The van der Waals surface area contributed by atoms with Crippen LogP contribution in [0.5, 0.6) is 0 Å². The third kappa shape index (κ3) is 5.84. The molecule has 5 rings (SSSR count). The minimum Gasteiger partial charge on any atom is -1.00 e. The van der Waals surface area contributed by atoms with E-state index < -0.39 is 0 Å². The molecule has 3 heteroatoms. The summed E-state index contributed by atoms with van der Waals surface area (Å²) in [5, 5.41) is 5.64. The topological polar surface area (TPSA) is 0 Å². The molecule has 0 nitrogen and oxygen atoms in total. The van der Waals surface area contributed by atoms with E-state index in [1.165, 1.54) is 53.6 Å². The molecular formula is C26H28Cl2Zr. The number of rotatable bonds is 3. The monoisotopic (exact) mass is 500 g/mol. The van der Waals surface area contributed by atoms with Gasteiger partial charge < -0.3 is 24.8 Å². The molecule has 0 N–H and O–H groups in total. The van der Waals surface area contributed by atoms with Crippen LogP contribution >= 0.6 is 0 Å². The Balaban J connectivity index is 0.000000302. The van der Waals surface area contributed by atoms with E-state index in [9.17, 15) is 0 Å². The van der Waals surface area contributed by atoms with Gasteiger partial charge in [-0.1, -0.05) is 49.8 Å². The van der Waals surface area contributed by atoms with Crippen molar-refractivity contribution in [2.24, 2.45) is 0 Å². The van der Waals surface area contributed by atoms with E-state index in [1.807, 2.05) is 0 Å². The van der Waals surface area contributed by atoms with Gasteiger partial charge in [-0.25, -0.2) is 0 Å². The maximum Gasteiger partial charge on any atom is 4.00 e. The maximum atomic E-state index is 2.47. The van der Waals surface area contributed by atoms with Crippen molar-refractivity contribution >= 4 is 21.5 Å². The fourth-order valence-electron chi connectivity index (χ4n) is 4.39. The molecule has 0 saturated heterocycles. The molecule has 1 atom stereocenters. The number of fused-ring (bicyclic) bond motifs is 3. The molecular weight excluding hydrogens is 474 g/mol. The van der Waals surface area contributed by atoms with Gasteiger partial charge in [0.25, 0.3) is 0 Å². The fourth-order valence-corrected chi connectivity index (χ4v) is 4.39. The molecule has 0 heterocycles. The fraction of sp³-hybridized carbons (Fsp3) is 0.308. The Morgan fingerprint density at radius 1 is 0.931 bits per heavy atom. The van der Waals surface area contributed by atoms with E-state index in [1.54, 1.807) is 16.7 Å². The zero-order valence-electron chi connectivity index (χ0n) is 17.2. The Labute approximate surface area is 206 Å². The van der Waals surface area contributed by atoms with Crippen molar-refractivity contribution < 1.29 is 51.0 Å². The minimum absolute atomic E-state index is 0. The van der Waals surface area contributed by atoms with Crippen LogP contribution in [0.25, 0.3) is 21.5 Å². The molecule has 0 radical (unpaired) electrons. The van der Waals surface area contributed by atoms with Gasteiger partial charge in [-0.3, -0.25) is 0 Å². The zero-order chi connectivity index (χ0) is 17.9. The molecule has 0 amide bonds. The Kier molecular flexibility index (Phi) is 10.9. The number of halogens is 2. The summed E-state index contributed by atoms with van der Waals surface area (Å²) in [6.07, 6.45) is 6.51. The van der Waals surface area contributed by atoms with Crippen LogP contribution in [0.2, 0.25) is 0 Å². The van der Waals surface area contributed by atoms with Crippen LogP contribution in [-0.4, -0.2) is 0 Å². The van der Waals surface area contributed by atoms with Crippen LogP contribution in [0.1, 0.15) is 55.7 Å². The van der Waals surface area contributed by atoms with Gasteiger partial charge in [0.15, 0.2) is 0 Å². The summed E-state index contributed by atoms with van der Waals surface area (Å²) in [7, 11) is 0. The van der Waals surface area contributed by atoms with E-state index in [0.29, 0.717) is 5.92 Å². The second-order valence-corrected chi connectivity index (χ2v) is 7.69. The molecule has 4 aromatic carbocycles. The first-order chi connectivity index (χ1) is 12.8. The van der Waals surface area contributed by atoms with Crippen molar-refractivity contribution in [1.29, 1.82) is 0 Å². The van der Waals surface area contributed by atoms with Gasteiger partial charge in [-0.15, -0.1) is 64.7 Å². The largest absolute Gasteiger partial charge is 4.00 e. The van der Waals surface area contributed by atoms with Crippen LogP contribution in [0, 0.1) is 0 Å². The molecule has 150 valence electrons. The Bertz CT molecular complexity index is 982. The molecule has 0 aromatic heterocycles. The van der Waals surface area contributed by atoms with E-state index in [0.717, 1.165) is 0 Å². The van der Waals surface area contributed by atoms with Crippen molar-refractivity contribution in [2.45, 2.75) is 51.9 Å². The first-order valence-electron chi connectivity index (χ1n) is 10.1. The first kappa shape index (κ1) is 26.2. The summed E-state index contributed by atoms with van der Waals surface area (Å²) in [4.78, 5) is 0. The number of hydrogen-bond acceptors (Lipinski definition) is 0. The number of benzene rings is 2. The summed E-state index contributed by atoms with van der Waals surface area (Å²) >= 11 is 0. The summed E-state index contributed by atoms with van der Waals surface area (Å²) in [6.45, 7) is 4.64. The van der Waals surface area contributed by atoms with Crippen LogP contribution in [-0.2, 0) is 39.0 Å². The van der Waals surface area contributed by atoms with Gasteiger partial charge >= 0.3 is 26.2 Å². The molecule has 1 aliphatic carbocycles. The molecule has 0 fully saturated rings. The second-order valence-electron chi connectivity index (χ2n) is 7.69. The van der Waals surface area contributed by atoms with E-state index in [4.69, 9.17) is 0 Å². The molecule has 0 saturated carbocycles. The number of hydrogen-bond donors (Lipinski definition) is 0. The minimum atomic E-state index is 0. The van der Waals surface area contributed by atoms with Gasteiger partial charge in [-0.05, 0) is 19.3 Å². The van der Waals surface area contributed by atoms with Crippen LogP contribution < -0.4 is 24.8 Å². The quantitative estimate of drug-likeness (QED) is 0.373. The van der Waals surface area contributed by atoms with Crippen molar-refractivity contribution in [3.05, 3.63) is 83.4 Å². The summed E-state index contributed by atoms with van der Waals surface area (Å²) in [5.41, 5.74) is 4.77. The zero-order valence-corrected chi connectivity index (χ0v) is 21.2. The standard InChI is InChI=1S/C17H21.C9H7.2ClH.Zr/c1-3-5-12(2)16-9-8-15-10-13-6-4-7-14(13)11-17(15)16;1-2-5-9-7-3-6-8(9)4-1;;;/h8-12H,3-7H2,1-2H3;1-7H;2*1H;/q2*-1;;;+4/p-2. The predicted octanol–water partition coefficient (Wildman–Crippen LogP) is 1.52. The maximum absolute atomic E-state index is 2.47.